The van der Waals surface area contributed by atoms with Crippen molar-refractivity contribution in [3.8, 4) is 5.75 Å². The van der Waals surface area contributed by atoms with Crippen LogP contribution in [-0.2, 0) is 0 Å². The van der Waals surface area contributed by atoms with E-state index in [2.05, 4.69) is 11.4 Å². The van der Waals surface area contributed by atoms with Crippen molar-refractivity contribution >= 4 is 0 Å². The maximum atomic E-state index is 9.25. The molecule has 1 aliphatic heterocycles. The molecule has 0 aliphatic carbocycles. The Bertz CT molecular complexity index is 356. The van der Waals surface area contributed by atoms with Gasteiger partial charge in [0.25, 0.3) is 0 Å². The number of benzene rings is 1. The smallest absolute Gasteiger partial charge is 0.122 e. The van der Waals surface area contributed by atoms with Gasteiger partial charge in [-0.15, -0.1) is 0 Å². The summed E-state index contributed by atoms with van der Waals surface area (Å²) in [4.78, 5) is 0. The summed E-state index contributed by atoms with van der Waals surface area (Å²) in [7, 11) is 0. The highest BCUT2D eigenvalue weighted by molar-refractivity contribution is 5.37. The van der Waals surface area contributed by atoms with Crippen molar-refractivity contribution in [2.45, 2.75) is 18.4 Å². The molecule has 4 nitrogen and oxygen atoms in total. The lowest BCUT2D eigenvalue weighted by atomic mass is 9.93. The molecular formula is C13H19NO3. The Hall–Kier alpha value is -1.10. The van der Waals surface area contributed by atoms with Gasteiger partial charge in [-0.05, 0) is 18.1 Å². The van der Waals surface area contributed by atoms with Gasteiger partial charge in [-0.3, -0.25) is 0 Å². The number of rotatable bonds is 5. The molecule has 1 aromatic rings. The minimum absolute atomic E-state index is 0.197. The van der Waals surface area contributed by atoms with Crippen LogP contribution in [-0.4, -0.2) is 42.6 Å². The van der Waals surface area contributed by atoms with Gasteiger partial charge in [-0.1, -0.05) is 18.2 Å². The second kappa shape index (κ2) is 6.00. The van der Waals surface area contributed by atoms with Crippen LogP contribution in [0.5, 0.6) is 5.75 Å². The fourth-order valence-electron chi connectivity index (χ4n) is 2.12. The summed E-state index contributed by atoms with van der Waals surface area (Å²) >= 11 is 0. The highest BCUT2D eigenvalue weighted by atomic mass is 16.5. The van der Waals surface area contributed by atoms with Crippen molar-refractivity contribution in [1.29, 1.82) is 0 Å². The monoisotopic (exact) mass is 237 g/mol. The average Bonchev–Trinajstić information content (AvgIpc) is 2.39. The zero-order chi connectivity index (χ0) is 12.1. The highest BCUT2D eigenvalue weighted by Gasteiger charge is 2.20. The summed E-state index contributed by atoms with van der Waals surface area (Å²) < 4.78 is 5.59. The van der Waals surface area contributed by atoms with E-state index in [0.29, 0.717) is 12.5 Å². The van der Waals surface area contributed by atoms with Gasteiger partial charge in [-0.2, -0.15) is 0 Å². The van der Waals surface area contributed by atoms with Crippen LogP contribution >= 0.6 is 0 Å². The minimum Gasteiger partial charge on any atom is -0.493 e. The quantitative estimate of drug-likeness (QED) is 0.697. The zero-order valence-electron chi connectivity index (χ0n) is 9.80. The number of hydrogen-bond acceptors (Lipinski definition) is 4. The zero-order valence-corrected chi connectivity index (χ0v) is 9.80. The fraction of sp³-hybridized carbons (Fsp3) is 0.538. The molecule has 0 aromatic heterocycles. The van der Waals surface area contributed by atoms with Crippen molar-refractivity contribution in [3.05, 3.63) is 29.8 Å². The van der Waals surface area contributed by atoms with Gasteiger partial charge >= 0.3 is 0 Å². The van der Waals surface area contributed by atoms with Crippen LogP contribution in [0.1, 0.15) is 17.9 Å². The van der Waals surface area contributed by atoms with E-state index < -0.39 is 6.10 Å². The first-order valence-corrected chi connectivity index (χ1v) is 6.02. The van der Waals surface area contributed by atoms with E-state index in [1.54, 1.807) is 0 Å². The van der Waals surface area contributed by atoms with Crippen molar-refractivity contribution in [2.24, 2.45) is 0 Å². The molecule has 4 heteroatoms. The number of aliphatic hydroxyl groups excluding tert-OH is 2. The fourth-order valence-corrected chi connectivity index (χ4v) is 2.12. The number of ether oxygens (including phenoxy) is 1. The van der Waals surface area contributed by atoms with Gasteiger partial charge in [-0.25, -0.2) is 0 Å². The Morgan fingerprint density at radius 3 is 3.06 bits per heavy atom. The maximum absolute atomic E-state index is 9.25. The first-order valence-electron chi connectivity index (χ1n) is 6.02. The van der Waals surface area contributed by atoms with E-state index in [0.717, 1.165) is 25.3 Å². The van der Waals surface area contributed by atoms with Crippen LogP contribution < -0.4 is 10.1 Å². The predicted octanol–water partition coefficient (Wildman–Crippen LogP) is 0.495. The lowest BCUT2D eigenvalue weighted by Crippen LogP contribution is -2.33. The van der Waals surface area contributed by atoms with Crippen LogP contribution in [0.25, 0.3) is 0 Å². The SMILES string of the molecule is OCC(O)CNCC1CCOc2ccccc21. The number of nitrogens with one attached hydrogen (secondary N) is 1. The first kappa shape index (κ1) is 12.4. The minimum atomic E-state index is -0.676. The molecule has 17 heavy (non-hydrogen) atoms. The van der Waals surface area contributed by atoms with Gasteiger partial charge in [0.1, 0.15) is 5.75 Å². The summed E-state index contributed by atoms with van der Waals surface area (Å²) in [5, 5.41) is 21.1. The highest BCUT2D eigenvalue weighted by Crippen LogP contribution is 2.32. The molecule has 0 fully saturated rings. The third kappa shape index (κ3) is 3.19. The Labute approximate surface area is 101 Å². The Kier molecular flexibility index (Phi) is 4.36. The summed E-state index contributed by atoms with van der Waals surface area (Å²) in [6.45, 7) is 1.77. The van der Waals surface area contributed by atoms with Crippen LogP contribution in [0.3, 0.4) is 0 Å². The van der Waals surface area contributed by atoms with E-state index in [9.17, 15) is 5.11 Å². The maximum Gasteiger partial charge on any atom is 0.122 e. The number of hydrogen-bond donors (Lipinski definition) is 3. The Balaban J connectivity index is 1.90. The number of para-hydroxylation sites is 1. The van der Waals surface area contributed by atoms with E-state index in [1.807, 2.05) is 18.2 Å². The van der Waals surface area contributed by atoms with E-state index >= 15 is 0 Å². The summed E-state index contributed by atoms with van der Waals surface area (Å²) in [5.74, 6) is 1.39. The molecule has 0 bridgehead atoms. The summed E-state index contributed by atoms with van der Waals surface area (Å²) in [5.41, 5.74) is 1.23. The van der Waals surface area contributed by atoms with Crippen molar-refractivity contribution < 1.29 is 14.9 Å². The van der Waals surface area contributed by atoms with Crippen molar-refractivity contribution in [2.75, 3.05) is 26.3 Å². The van der Waals surface area contributed by atoms with Gasteiger partial charge in [0.05, 0.1) is 19.3 Å². The van der Waals surface area contributed by atoms with Gasteiger partial charge < -0.3 is 20.3 Å². The summed E-state index contributed by atoms with van der Waals surface area (Å²) in [6, 6.07) is 8.07. The third-order valence-corrected chi connectivity index (χ3v) is 3.06. The van der Waals surface area contributed by atoms with Crippen LogP contribution in [0.15, 0.2) is 24.3 Å². The molecule has 1 aromatic carbocycles. The predicted molar refractivity (Wildman–Crippen MR) is 65.3 cm³/mol. The van der Waals surface area contributed by atoms with Crippen LogP contribution in [0, 0.1) is 0 Å². The first-order chi connectivity index (χ1) is 8.31. The summed E-state index contributed by atoms with van der Waals surface area (Å²) in [6.07, 6.45) is 0.310. The van der Waals surface area contributed by atoms with Crippen molar-refractivity contribution in [3.63, 3.8) is 0 Å². The molecule has 0 spiro atoms. The Morgan fingerprint density at radius 2 is 2.24 bits per heavy atom. The normalized spacial score (nSPS) is 20.5. The van der Waals surface area contributed by atoms with Crippen molar-refractivity contribution in [1.82, 2.24) is 5.32 Å². The van der Waals surface area contributed by atoms with Gasteiger partial charge in [0.15, 0.2) is 0 Å². The molecule has 2 rings (SSSR count). The molecule has 2 atom stereocenters. The van der Waals surface area contributed by atoms with Crippen LogP contribution in [0.4, 0.5) is 0 Å². The molecule has 94 valence electrons. The van der Waals surface area contributed by atoms with E-state index in [4.69, 9.17) is 9.84 Å². The number of aliphatic hydroxyl groups is 2. The average molecular weight is 237 g/mol. The molecule has 0 radical (unpaired) electrons. The molecule has 0 amide bonds. The second-order valence-electron chi connectivity index (χ2n) is 4.37. The molecule has 3 N–H and O–H groups in total. The largest absolute Gasteiger partial charge is 0.493 e. The lowest BCUT2D eigenvalue weighted by molar-refractivity contribution is 0.0938. The topological polar surface area (TPSA) is 61.7 Å². The van der Waals surface area contributed by atoms with Gasteiger partial charge in [0, 0.05) is 19.0 Å². The van der Waals surface area contributed by atoms with E-state index in [1.165, 1.54) is 5.56 Å². The molecule has 1 aliphatic rings. The molecule has 0 saturated carbocycles. The lowest BCUT2D eigenvalue weighted by Gasteiger charge is -2.26. The standard InChI is InChI=1S/C13H19NO3/c15-9-11(16)8-14-7-10-5-6-17-13-4-2-1-3-12(10)13/h1-4,10-11,14-16H,5-9H2. The van der Waals surface area contributed by atoms with Crippen LogP contribution in [0.2, 0.25) is 0 Å². The van der Waals surface area contributed by atoms with Gasteiger partial charge in [0.2, 0.25) is 0 Å². The number of fused-ring (bicyclic) bond motifs is 1. The second-order valence-corrected chi connectivity index (χ2v) is 4.37. The molecule has 2 unspecified atom stereocenters. The third-order valence-electron chi connectivity index (χ3n) is 3.06. The molecule has 0 saturated heterocycles. The molecule has 1 heterocycles. The molecular weight excluding hydrogens is 218 g/mol. The Morgan fingerprint density at radius 1 is 1.41 bits per heavy atom. The van der Waals surface area contributed by atoms with E-state index in [-0.39, 0.29) is 6.61 Å².